The minimum Gasteiger partial charge on any atom is -0.550 e. The Morgan fingerprint density at radius 1 is 1.78 bits per heavy atom. The van der Waals surface area contributed by atoms with Gasteiger partial charge < -0.3 is 15.0 Å². The monoisotopic (exact) mass is 140 g/mol. The number of carboxylic acids is 1. The van der Waals surface area contributed by atoms with E-state index in [1.165, 1.54) is 0 Å². The molecule has 0 aliphatic carbocycles. The molecular formula is C5H9NaO3. The first kappa shape index (κ1) is 12.1. The fourth-order valence-electron chi connectivity index (χ4n) is 0.349. The van der Waals surface area contributed by atoms with Gasteiger partial charge in [-0.3, -0.25) is 0 Å². The predicted molar refractivity (Wildman–Crippen MR) is 25.9 cm³/mol. The van der Waals surface area contributed by atoms with Crippen molar-refractivity contribution in [2.45, 2.75) is 13.3 Å². The number of hydrogen-bond acceptors (Lipinski definition) is 3. The summed E-state index contributed by atoms with van der Waals surface area (Å²) in [5, 5.41) is 18.0. The number of hydrogen-bond donors (Lipinski definition) is 1. The van der Waals surface area contributed by atoms with Crippen LogP contribution in [-0.2, 0) is 4.79 Å². The van der Waals surface area contributed by atoms with Crippen molar-refractivity contribution in [2.75, 3.05) is 6.61 Å². The second kappa shape index (κ2) is 6.55. The molecule has 1 atom stereocenters. The van der Waals surface area contributed by atoms with Crippen LogP contribution in [0.2, 0.25) is 0 Å². The first-order valence-corrected chi connectivity index (χ1v) is 2.47. The van der Waals surface area contributed by atoms with Crippen LogP contribution in [0.4, 0.5) is 0 Å². The van der Waals surface area contributed by atoms with E-state index in [1.807, 2.05) is 0 Å². The van der Waals surface area contributed by atoms with Crippen LogP contribution in [0.5, 0.6) is 0 Å². The Balaban J connectivity index is 0. The largest absolute Gasteiger partial charge is 1.00 e. The van der Waals surface area contributed by atoms with E-state index in [-0.39, 0.29) is 48.5 Å². The fourth-order valence-corrected chi connectivity index (χ4v) is 0.349. The zero-order valence-corrected chi connectivity index (χ0v) is 7.76. The normalized spacial score (nSPS) is 11.8. The van der Waals surface area contributed by atoms with Crippen molar-refractivity contribution < 1.29 is 44.6 Å². The third-order valence-electron chi connectivity index (χ3n) is 0.827. The molecule has 3 nitrogen and oxygen atoms in total. The summed E-state index contributed by atoms with van der Waals surface area (Å²) in [7, 11) is 0. The third-order valence-corrected chi connectivity index (χ3v) is 0.827. The van der Waals surface area contributed by atoms with Gasteiger partial charge in [0.15, 0.2) is 0 Å². The molecule has 0 aliphatic rings. The smallest absolute Gasteiger partial charge is 0.550 e. The van der Waals surface area contributed by atoms with Gasteiger partial charge in [-0.1, -0.05) is 6.92 Å². The molecule has 1 unspecified atom stereocenters. The van der Waals surface area contributed by atoms with E-state index in [0.717, 1.165) is 0 Å². The van der Waals surface area contributed by atoms with Crippen molar-refractivity contribution >= 4 is 5.97 Å². The van der Waals surface area contributed by atoms with E-state index >= 15 is 0 Å². The molecule has 1 N–H and O–H groups in total. The van der Waals surface area contributed by atoms with Crippen LogP contribution in [-0.4, -0.2) is 17.7 Å². The van der Waals surface area contributed by atoms with Gasteiger partial charge in [-0.2, -0.15) is 0 Å². The van der Waals surface area contributed by atoms with Gasteiger partial charge in [-0.15, -0.1) is 0 Å². The standard InChI is InChI=1S/C5H10O3.Na/c1-4(3-6)2-5(7)8;/h4,6H,2-3H2,1H3,(H,7,8);/q;+1/p-1. The predicted octanol–water partition coefficient (Wildman–Crippen LogP) is -4.24. The summed E-state index contributed by atoms with van der Waals surface area (Å²) in [6.45, 7) is 1.56. The van der Waals surface area contributed by atoms with E-state index in [4.69, 9.17) is 5.11 Å². The molecule has 0 aliphatic heterocycles. The summed E-state index contributed by atoms with van der Waals surface area (Å²) in [5.41, 5.74) is 0. The van der Waals surface area contributed by atoms with Crippen LogP contribution in [0.3, 0.4) is 0 Å². The van der Waals surface area contributed by atoms with Gasteiger partial charge in [-0.05, 0) is 12.3 Å². The molecule has 0 saturated carbocycles. The summed E-state index contributed by atoms with van der Waals surface area (Å²) < 4.78 is 0. The Hall–Kier alpha value is 0.430. The van der Waals surface area contributed by atoms with Gasteiger partial charge in [0.05, 0.1) is 0 Å². The van der Waals surface area contributed by atoms with Gasteiger partial charge in [0.25, 0.3) is 0 Å². The van der Waals surface area contributed by atoms with Gasteiger partial charge in [-0.25, -0.2) is 0 Å². The molecular weight excluding hydrogens is 131 g/mol. The van der Waals surface area contributed by atoms with Crippen molar-refractivity contribution in [2.24, 2.45) is 5.92 Å². The Morgan fingerprint density at radius 3 is 2.33 bits per heavy atom. The quantitative estimate of drug-likeness (QED) is 0.404. The van der Waals surface area contributed by atoms with Crippen LogP contribution < -0.4 is 34.7 Å². The SMILES string of the molecule is CC(CO)CC(=O)[O-].[Na+]. The second-order valence-electron chi connectivity index (χ2n) is 1.86. The van der Waals surface area contributed by atoms with E-state index in [9.17, 15) is 9.90 Å². The van der Waals surface area contributed by atoms with Crippen LogP contribution >= 0.6 is 0 Å². The van der Waals surface area contributed by atoms with E-state index < -0.39 is 5.97 Å². The summed E-state index contributed by atoms with van der Waals surface area (Å²) in [6.07, 6.45) is -0.0590. The van der Waals surface area contributed by atoms with Crippen molar-refractivity contribution in [1.29, 1.82) is 0 Å². The summed E-state index contributed by atoms with van der Waals surface area (Å²) >= 11 is 0. The molecule has 0 spiro atoms. The number of aliphatic hydroxyl groups excluding tert-OH is 1. The van der Waals surface area contributed by atoms with Crippen LogP contribution in [0.15, 0.2) is 0 Å². The van der Waals surface area contributed by atoms with Gasteiger partial charge in [0.2, 0.25) is 0 Å². The molecule has 48 valence electrons. The molecule has 9 heavy (non-hydrogen) atoms. The average Bonchev–Trinajstić information content (AvgIpc) is 1.65. The Kier molecular flexibility index (Phi) is 8.83. The minimum absolute atomic E-state index is 0. The molecule has 0 amide bonds. The van der Waals surface area contributed by atoms with Gasteiger partial charge >= 0.3 is 29.6 Å². The first-order chi connectivity index (χ1) is 3.66. The molecule has 0 rings (SSSR count). The molecule has 0 aromatic rings. The molecule has 0 aromatic heterocycles. The average molecular weight is 140 g/mol. The van der Waals surface area contributed by atoms with Crippen molar-refractivity contribution in [3.63, 3.8) is 0 Å². The van der Waals surface area contributed by atoms with Gasteiger partial charge in [0.1, 0.15) is 0 Å². The molecule has 0 heterocycles. The number of carboxylic acid groups (broad SMARTS) is 1. The minimum atomic E-state index is -1.11. The van der Waals surface area contributed by atoms with Crippen LogP contribution in [0.25, 0.3) is 0 Å². The first-order valence-electron chi connectivity index (χ1n) is 2.47. The van der Waals surface area contributed by atoms with E-state index in [2.05, 4.69) is 0 Å². The molecule has 0 aromatic carbocycles. The number of carbonyl (C=O) groups excluding carboxylic acids is 1. The number of aliphatic carboxylic acids is 1. The maximum Gasteiger partial charge on any atom is 1.00 e. The molecule has 4 heteroatoms. The number of aliphatic hydroxyl groups is 1. The molecule has 0 radical (unpaired) electrons. The van der Waals surface area contributed by atoms with Crippen molar-refractivity contribution in [1.82, 2.24) is 0 Å². The number of rotatable bonds is 3. The van der Waals surface area contributed by atoms with E-state index in [0.29, 0.717) is 0 Å². The Labute approximate surface area is 76.4 Å². The van der Waals surface area contributed by atoms with Gasteiger partial charge in [0, 0.05) is 12.6 Å². The fraction of sp³-hybridized carbons (Fsp3) is 0.800. The van der Waals surface area contributed by atoms with E-state index in [1.54, 1.807) is 6.92 Å². The summed E-state index contributed by atoms with van der Waals surface area (Å²) in [6, 6.07) is 0. The molecule has 0 fully saturated rings. The molecule has 0 saturated heterocycles. The zero-order chi connectivity index (χ0) is 6.57. The topological polar surface area (TPSA) is 60.4 Å². The van der Waals surface area contributed by atoms with Crippen LogP contribution in [0.1, 0.15) is 13.3 Å². The maximum atomic E-state index is 9.75. The van der Waals surface area contributed by atoms with Crippen molar-refractivity contribution in [3.8, 4) is 0 Å². The maximum absolute atomic E-state index is 9.75. The summed E-state index contributed by atoms with van der Waals surface area (Å²) in [5.74, 6) is -1.29. The molecule has 0 bridgehead atoms. The van der Waals surface area contributed by atoms with Crippen molar-refractivity contribution in [3.05, 3.63) is 0 Å². The second-order valence-corrected chi connectivity index (χ2v) is 1.86. The zero-order valence-electron chi connectivity index (χ0n) is 5.76. The summed E-state index contributed by atoms with van der Waals surface area (Å²) in [4.78, 5) is 9.75. The third kappa shape index (κ3) is 8.43. The van der Waals surface area contributed by atoms with Crippen LogP contribution in [0, 0.1) is 5.92 Å². The number of carbonyl (C=O) groups is 1. The Morgan fingerprint density at radius 2 is 2.22 bits per heavy atom. The Bertz CT molecular complexity index is 84.3.